The first-order valence-electron chi connectivity index (χ1n) is 6.71. The Kier molecular flexibility index (Phi) is 4.78. The van der Waals surface area contributed by atoms with E-state index in [-0.39, 0.29) is 12.0 Å². The zero-order valence-electron chi connectivity index (χ0n) is 10.8. The van der Waals surface area contributed by atoms with E-state index in [4.69, 9.17) is 0 Å². The van der Waals surface area contributed by atoms with Gasteiger partial charge in [-0.15, -0.1) is 11.3 Å². The van der Waals surface area contributed by atoms with Crippen molar-refractivity contribution in [1.82, 2.24) is 4.90 Å². The second-order valence-corrected chi connectivity index (χ2v) is 5.97. The predicted octanol–water partition coefficient (Wildman–Crippen LogP) is 3.21. The number of nitrogens with zero attached hydrogens (tertiary/aromatic N) is 1. The van der Waals surface area contributed by atoms with Crippen molar-refractivity contribution in [3.8, 4) is 0 Å². The number of aliphatic carboxylic acids is 1. The summed E-state index contributed by atoms with van der Waals surface area (Å²) < 4.78 is 0. The van der Waals surface area contributed by atoms with Crippen LogP contribution in [-0.4, -0.2) is 28.6 Å². The number of carboxylic acid groups (broad SMARTS) is 1. The molecule has 1 saturated carbocycles. The van der Waals surface area contributed by atoms with Gasteiger partial charge in [-0.3, -0.25) is 9.69 Å². The van der Waals surface area contributed by atoms with Crippen LogP contribution in [0.4, 0.5) is 0 Å². The van der Waals surface area contributed by atoms with E-state index in [1.165, 1.54) is 4.88 Å². The number of carboxylic acids is 1. The number of thiophene rings is 1. The van der Waals surface area contributed by atoms with Crippen LogP contribution in [0.5, 0.6) is 0 Å². The number of carbonyl (C=O) groups is 1. The van der Waals surface area contributed by atoms with Crippen molar-refractivity contribution in [2.24, 2.45) is 5.92 Å². The van der Waals surface area contributed by atoms with E-state index in [0.29, 0.717) is 0 Å². The largest absolute Gasteiger partial charge is 0.481 e. The summed E-state index contributed by atoms with van der Waals surface area (Å²) >= 11 is 1.75. The Labute approximate surface area is 112 Å². The second-order valence-electron chi connectivity index (χ2n) is 4.94. The van der Waals surface area contributed by atoms with Crippen LogP contribution < -0.4 is 0 Å². The predicted molar refractivity (Wildman–Crippen MR) is 73.8 cm³/mol. The topological polar surface area (TPSA) is 40.5 Å². The van der Waals surface area contributed by atoms with Gasteiger partial charge in [0.25, 0.3) is 0 Å². The highest BCUT2D eigenvalue weighted by Gasteiger charge is 2.34. The van der Waals surface area contributed by atoms with Crippen molar-refractivity contribution in [2.45, 2.75) is 45.2 Å². The third kappa shape index (κ3) is 3.12. The van der Waals surface area contributed by atoms with Crippen molar-refractivity contribution < 1.29 is 9.90 Å². The molecule has 1 aliphatic carbocycles. The van der Waals surface area contributed by atoms with Crippen LogP contribution in [0.25, 0.3) is 0 Å². The van der Waals surface area contributed by atoms with Gasteiger partial charge in [-0.05, 0) is 30.8 Å². The molecule has 3 nitrogen and oxygen atoms in total. The van der Waals surface area contributed by atoms with E-state index >= 15 is 0 Å². The maximum atomic E-state index is 11.4. The quantitative estimate of drug-likeness (QED) is 0.890. The van der Waals surface area contributed by atoms with Gasteiger partial charge in [0.2, 0.25) is 0 Å². The fraction of sp³-hybridized carbons (Fsp3) is 0.643. The molecule has 0 bridgehead atoms. The number of hydrogen-bond donors (Lipinski definition) is 1. The standard InChI is InChI=1S/C14H21NO2S/c1-2-15(10-11-6-5-9-18-11)13-8-4-3-7-12(13)14(16)17/h5-6,9,12-13H,2-4,7-8,10H2,1H3,(H,16,17). The second kappa shape index (κ2) is 6.34. The minimum atomic E-state index is -0.621. The van der Waals surface area contributed by atoms with E-state index in [9.17, 15) is 9.90 Å². The Bertz CT molecular complexity index is 377. The molecule has 1 heterocycles. The Hall–Kier alpha value is -0.870. The molecule has 1 aromatic heterocycles. The lowest BCUT2D eigenvalue weighted by molar-refractivity contribution is -0.145. The van der Waals surface area contributed by atoms with E-state index in [0.717, 1.165) is 38.8 Å². The molecule has 2 atom stereocenters. The molecule has 0 spiro atoms. The molecule has 1 N–H and O–H groups in total. The molecule has 0 saturated heterocycles. The summed E-state index contributed by atoms with van der Waals surface area (Å²) in [5.41, 5.74) is 0. The van der Waals surface area contributed by atoms with Gasteiger partial charge in [-0.2, -0.15) is 0 Å². The average Bonchev–Trinajstić information content (AvgIpc) is 2.88. The van der Waals surface area contributed by atoms with Crippen LogP contribution in [0.2, 0.25) is 0 Å². The van der Waals surface area contributed by atoms with Gasteiger partial charge >= 0.3 is 5.97 Å². The fourth-order valence-corrected chi connectivity index (χ4v) is 3.63. The zero-order valence-corrected chi connectivity index (χ0v) is 11.7. The van der Waals surface area contributed by atoms with Crippen LogP contribution >= 0.6 is 11.3 Å². The Morgan fingerprint density at radius 1 is 1.50 bits per heavy atom. The van der Waals surface area contributed by atoms with Gasteiger partial charge in [0.15, 0.2) is 0 Å². The molecule has 0 radical (unpaired) electrons. The highest BCUT2D eigenvalue weighted by molar-refractivity contribution is 7.09. The highest BCUT2D eigenvalue weighted by Crippen LogP contribution is 2.30. The minimum Gasteiger partial charge on any atom is -0.481 e. The van der Waals surface area contributed by atoms with Gasteiger partial charge in [0, 0.05) is 17.5 Å². The van der Waals surface area contributed by atoms with Crippen molar-refractivity contribution >= 4 is 17.3 Å². The molecular weight excluding hydrogens is 246 g/mol. The Balaban J connectivity index is 2.07. The van der Waals surface area contributed by atoms with Crippen molar-refractivity contribution in [2.75, 3.05) is 6.54 Å². The molecule has 1 fully saturated rings. The maximum absolute atomic E-state index is 11.4. The molecule has 0 amide bonds. The summed E-state index contributed by atoms with van der Waals surface area (Å²) in [5.74, 6) is -0.803. The van der Waals surface area contributed by atoms with Gasteiger partial charge in [0.05, 0.1) is 5.92 Å². The smallest absolute Gasteiger partial charge is 0.308 e. The lowest BCUT2D eigenvalue weighted by Crippen LogP contribution is -2.44. The summed E-state index contributed by atoms with van der Waals surface area (Å²) in [6, 6.07) is 4.40. The summed E-state index contributed by atoms with van der Waals surface area (Å²) in [6.07, 6.45) is 4.08. The van der Waals surface area contributed by atoms with Crippen LogP contribution in [0.3, 0.4) is 0 Å². The van der Waals surface area contributed by atoms with Crippen molar-refractivity contribution in [3.05, 3.63) is 22.4 Å². The average molecular weight is 267 g/mol. The molecule has 2 unspecified atom stereocenters. The van der Waals surface area contributed by atoms with Crippen molar-refractivity contribution in [3.63, 3.8) is 0 Å². The molecule has 0 aliphatic heterocycles. The van der Waals surface area contributed by atoms with E-state index in [1.807, 2.05) is 0 Å². The molecule has 1 aromatic rings. The van der Waals surface area contributed by atoms with Crippen LogP contribution in [0.1, 0.15) is 37.5 Å². The first kappa shape index (κ1) is 13.6. The van der Waals surface area contributed by atoms with E-state index in [2.05, 4.69) is 29.3 Å². The zero-order chi connectivity index (χ0) is 13.0. The van der Waals surface area contributed by atoms with Gasteiger partial charge in [-0.25, -0.2) is 0 Å². The van der Waals surface area contributed by atoms with Gasteiger partial charge in [0.1, 0.15) is 0 Å². The van der Waals surface area contributed by atoms with Crippen molar-refractivity contribution in [1.29, 1.82) is 0 Å². The Morgan fingerprint density at radius 2 is 2.28 bits per heavy atom. The number of hydrogen-bond acceptors (Lipinski definition) is 3. The summed E-state index contributed by atoms with van der Waals surface area (Å²) in [5, 5.41) is 11.4. The molecular formula is C14H21NO2S. The van der Waals surface area contributed by atoms with E-state index in [1.54, 1.807) is 11.3 Å². The lowest BCUT2D eigenvalue weighted by Gasteiger charge is -2.37. The highest BCUT2D eigenvalue weighted by atomic mass is 32.1. The Morgan fingerprint density at radius 3 is 2.89 bits per heavy atom. The van der Waals surface area contributed by atoms with Crippen LogP contribution in [0, 0.1) is 5.92 Å². The summed E-state index contributed by atoms with van der Waals surface area (Å²) in [7, 11) is 0. The normalized spacial score (nSPS) is 24.3. The fourth-order valence-electron chi connectivity index (χ4n) is 2.90. The van der Waals surface area contributed by atoms with Gasteiger partial charge < -0.3 is 5.11 Å². The monoisotopic (exact) mass is 267 g/mol. The van der Waals surface area contributed by atoms with Gasteiger partial charge in [-0.1, -0.05) is 25.8 Å². The number of rotatable bonds is 5. The molecule has 0 aromatic carbocycles. The molecule has 100 valence electrons. The van der Waals surface area contributed by atoms with E-state index < -0.39 is 5.97 Å². The van der Waals surface area contributed by atoms with Crippen LogP contribution in [0.15, 0.2) is 17.5 Å². The first-order valence-corrected chi connectivity index (χ1v) is 7.59. The molecule has 2 rings (SSSR count). The third-order valence-electron chi connectivity index (χ3n) is 3.86. The minimum absolute atomic E-state index is 0.182. The summed E-state index contributed by atoms with van der Waals surface area (Å²) in [4.78, 5) is 15.0. The molecule has 4 heteroatoms. The molecule has 1 aliphatic rings. The molecule has 18 heavy (non-hydrogen) atoms. The third-order valence-corrected chi connectivity index (χ3v) is 4.72. The maximum Gasteiger partial charge on any atom is 0.308 e. The van der Waals surface area contributed by atoms with Crippen LogP contribution in [-0.2, 0) is 11.3 Å². The first-order chi connectivity index (χ1) is 8.72. The summed E-state index contributed by atoms with van der Waals surface area (Å²) in [6.45, 7) is 3.94. The SMILES string of the molecule is CCN(Cc1cccs1)C1CCCCC1C(=O)O. The lowest BCUT2D eigenvalue weighted by atomic mass is 9.83.